The van der Waals surface area contributed by atoms with E-state index >= 15 is 0 Å². The molecular weight excluding hydrogens is 340 g/mol. The van der Waals surface area contributed by atoms with Crippen LogP contribution in [0.4, 0.5) is 11.4 Å². The molecule has 0 aliphatic heterocycles. The normalized spacial score (nSPS) is 10.0. The number of hydrogen-bond donors (Lipinski definition) is 2. The number of carbonyl (C=O) groups excluding carboxylic acids is 1. The quantitative estimate of drug-likeness (QED) is 0.601. The third kappa shape index (κ3) is 6.90. The zero-order valence-electron chi connectivity index (χ0n) is 15.9. The number of rotatable bonds is 10. The average molecular weight is 366 g/mol. The smallest absolute Gasteiger partial charge is 0.243 e. The molecule has 142 valence electrons. The fraction of sp³-hybridized carbons (Fsp3) is 0.227. The summed E-state index contributed by atoms with van der Waals surface area (Å²) < 4.78 is 11.4. The first-order valence-corrected chi connectivity index (χ1v) is 8.72. The number of carbonyl (C=O) groups is 1. The zero-order chi connectivity index (χ0) is 19.6. The van der Waals surface area contributed by atoms with E-state index in [0.29, 0.717) is 30.4 Å². The number of para-hydroxylation sites is 4. The van der Waals surface area contributed by atoms with E-state index < -0.39 is 0 Å². The summed E-state index contributed by atoms with van der Waals surface area (Å²) in [5, 5.41) is 5.97. The number of hydrogen-bond acceptors (Lipinski definition) is 4. The molecule has 5 nitrogen and oxygen atoms in total. The lowest BCUT2D eigenvalue weighted by atomic mass is 10.2. The first-order chi connectivity index (χ1) is 13.0. The van der Waals surface area contributed by atoms with Crippen molar-refractivity contribution >= 4 is 17.3 Å². The van der Waals surface area contributed by atoms with Gasteiger partial charge in [-0.3, -0.25) is 4.79 Å². The van der Waals surface area contributed by atoms with E-state index in [-0.39, 0.29) is 12.5 Å². The van der Waals surface area contributed by atoms with E-state index in [4.69, 9.17) is 9.47 Å². The molecule has 0 aliphatic rings. The Hall–Kier alpha value is -3.21. The van der Waals surface area contributed by atoms with Crippen molar-refractivity contribution in [2.75, 3.05) is 30.4 Å². The van der Waals surface area contributed by atoms with Gasteiger partial charge in [0.25, 0.3) is 0 Å². The zero-order valence-corrected chi connectivity index (χ0v) is 15.9. The number of nitrogens with one attached hydrogen (secondary N) is 2. The van der Waals surface area contributed by atoms with E-state index in [1.165, 1.54) is 0 Å². The maximum atomic E-state index is 12.4. The van der Waals surface area contributed by atoms with Crippen LogP contribution in [0.2, 0.25) is 0 Å². The third-order valence-electron chi connectivity index (χ3n) is 3.44. The molecule has 0 fully saturated rings. The highest BCUT2D eigenvalue weighted by atomic mass is 16.5. The lowest BCUT2D eigenvalue weighted by Gasteiger charge is -2.15. The molecule has 2 N–H and O–H groups in total. The van der Waals surface area contributed by atoms with E-state index in [1.807, 2.05) is 56.3 Å². The van der Waals surface area contributed by atoms with Crippen molar-refractivity contribution in [3.63, 3.8) is 0 Å². The van der Waals surface area contributed by atoms with Gasteiger partial charge in [0.15, 0.2) is 0 Å². The SMILES string of the molecule is C=C(C)COc1ccccc1NCC(=O)Nc1ccccc1OCC(=C)C. The largest absolute Gasteiger partial charge is 0.487 e. The summed E-state index contributed by atoms with van der Waals surface area (Å²) in [5.41, 5.74) is 3.20. The molecule has 0 saturated heterocycles. The van der Waals surface area contributed by atoms with E-state index in [0.717, 1.165) is 16.8 Å². The van der Waals surface area contributed by atoms with E-state index in [2.05, 4.69) is 23.8 Å². The second kappa shape index (κ2) is 10.1. The molecule has 0 aromatic heterocycles. The van der Waals surface area contributed by atoms with Gasteiger partial charge in [-0.25, -0.2) is 0 Å². The highest BCUT2D eigenvalue weighted by molar-refractivity contribution is 5.95. The van der Waals surface area contributed by atoms with Crippen molar-refractivity contribution in [3.8, 4) is 11.5 Å². The minimum absolute atomic E-state index is 0.0995. The second-order valence-electron chi connectivity index (χ2n) is 6.39. The van der Waals surface area contributed by atoms with Gasteiger partial charge in [-0.15, -0.1) is 0 Å². The molecule has 2 aromatic carbocycles. The highest BCUT2D eigenvalue weighted by Crippen LogP contribution is 2.25. The Morgan fingerprint density at radius 2 is 1.33 bits per heavy atom. The fourth-order valence-corrected chi connectivity index (χ4v) is 2.21. The summed E-state index contributed by atoms with van der Waals surface area (Å²) in [6.07, 6.45) is 0. The molecule has 5 heteroatoms. The maximum absolute atomic E-state index is 12.4. The monoisotopic (exact) mass is 366 g/mol. The fourth-order valence-electron chi connectivity index (χ4n) is 2.21. The van der Waals surface area contributed by atoms with E-state index in [9.17, 15) is 4.79 Å². The molecule has 0 spiro atoms. The molecule has 2 rings (SSSR count). The standard InChI is InChI=1S/C22H26N2O3/c1-16(2)14-26-20-11-7-5-9-18(20)23-13-22(25)24-19-10-6-8-12-21(19)27-15-17(3)4/h5-12,23H,1,3,13-15H2,2,4H3,(H,24,25). The Labute approximate surface area is 160 Å². The van der Waals surface area contributed by atoms with Gasteiger partial charge in [0.05, 0.1) is 17.9 Å². The molecule has 0 saturated carbocycles. The summed E-state index contributed by atoms with van der Waals surface area (Å²) in [6.45, 7) is 12.4. The van der Waals surface area contributed by atoms with Crippen LogP contribution in [0, 0.1) is 0 Å². The van der Waals surface area contributed by atoms with Gasteiger partial charge < -0.3 is 20.1 Å². The highest BCUT2D eigenvalue weighted by Gasteiger charge is 2.09. The van der Waals surface area contributed by atoms with Gasteiger partial charge in [0.2, 0.25) is 5.91 Å². The molecule has 27 heavy (non-hydrogen) atoms. The van der Waals surface area contributed by atoms with E-state index in [1.54, 1.807) is 6.07 Å². The van der Waals surface area contributed by atoms with Crippen LogP contribution in [0.3, 0.4) is 0 Å². The Kier molecular flexibility index (Phi) is 7.49. The van der Waals surface area contributed by atoms with Crippen LogP contribution < -0.4 is 20.1 Å². The van der Waals surface area contributed by atoms with Crippen LogP contribution in [0.5, 0.6) is 11.5 Å². The molecule has 0 aliphatic carbocycles. The van der Waals surface area contributed by atoms with Crippen molar-refractivity contribution < 1.29 is 14.3 Å². The molecule has 2 aromatic rings. The molecule has 0 atom stereocenters. The van der Waals surface area contributed by atoms with Gasteiger partial charge >= 0.3 is 0 Å². The molecule has 0 heterocycles. The lowest BCUT2D eigenvalue weighted by molar-refractivity contribution is -0.114. The van der Waals surface area contributed by atoms with Crippen molar-refractivity contribution in [1.82, 2.24) is 0 Å². The van der Waals surface area contributed by atoms with Gasteiger partial charge in [-0.2, -0.15) is 0 Å². The molecule has 0 radical (unpaired) electrons. The van der Waals surface area contributed by atoms with Gasteiger partial charge in [-0.1, -0.05) is 37.4 Å². The number of benzene rings is 2. The number of anilines is 2. The predicted octanol–water partition coefficient (Wildman–Crippen LogP) is 4.65. The summed E-state index contributed by atoms with van der Waals surface area (Å²) >= 11 is 0. The predicted molar refractivity (Wildman–Crippen MR) is 111 cm³/mol. The minimum atomic E-state index is -0.184. The third-order valence-corrected chi connectivity index (χ3v) is 3.44. The Balaban J connectivity index is 1.96. The molecule has 1 amide bonds. The molecule has 0 unspecified atom stereocenters. The number of ether oxygens (including phenoxy) is 2. The van der Waals surface area contributed by atoms with Crippen molar-refractivity contribution in [3.05, 3.63) is 72.8 Å². The van der Waals surface area contributed by atoms with Crippen LogP contribution in [-0.4, -0.2) is 25.7 Å². The average Bonchev–Trinajstić information content (AvgIpc) is 2.64. The Bertz CT molecular complexity index is 815. The summed E-state index contributed by atoms with van der Waals surface area (Å²) in [5.74, 6) is 1.11. The van der Waals surface area contributed by atoms with Crippen molar-refractivity contribution in [2.45, 2.75) is 13.8 Å². The first kappa shape index (κ1) is 20.1. The van der Waals surface area contributed by atoms with Crippen LogP contribution >= 0.6 is 0 Å². The number of amides is 1. The Morgan fingerprint density at radius 3 is 1.89 bits per heavy atom. The summed E-state index contributed by atoms with van der Waals surface area (Å²) in [6, 6.07) is 14.8. The van der Waals surface area contributed by atoms with Crippen LogP contribution in [0.1, 0.15) is 13.8 Å². The van der Waals surface area contributed by atoms with Crippen LogP contribution in [0.15, 0.2) is 72.8 Å². The van der Waals surface area contributed by atoms with Gasteiger partial charge in [-0.05, 0) is 49.3 Å². The summed E-state index contributed by atoms with van der Waals surface area (Å²) in [4.78, 5) is 12.4. The minimum Gasteiger partial charge on any atom is -0.487 e. The maximum Gasteiger partial charge on any atom is 0.243 e. The van der Waals surface area contributed by atoms with Gasteiger partial charge in [0.1, 0.15) is 24.7 Å². The molecular formula is C22H26N2O3. The summed E-state index contributed by atoms with van der Waals surface area (Å²) in [7, 11) is 0. The lowest BCUT2D eigenvalue weighted by Crippen LogP contribution is -2.22. The second-order valence-corrected chi connectivity index (χ2v) is 6.39. The van der Waals surface area contributed by atoms with Crippen LogP contribution in [0.25, 0.3) is 0 Å². The molecule has 0 bridgehead atoms. The first-order valence-electron chi connectivity index (χ1n) is 8.72. The van der Waals surface area contributed by atoms with Crippen molar-refractivity contribution in [1.29, 1.82) is 0 Å². The van der Waals surface area contributed by atoms with Gasteiger partial charge in [0, 0.05) is 0 Å². The topological polar surface area (TPSA) is 59.6 Å². The van der Waals surface area contributed by atoms with Crippen molar-refractivity contribution in [2.24, 2.45) is 0 Å². The Morgan fingerprint density at radius 1 is 0.852 bits per heavy atom. The van der Waals surface area contributed by atoms with Crippen LogP contribution in [-0.2, 0) is 4.79 Å².